The van der Waals surface area contributed by atoms with Crippen LogP contribution < -0.4 is 0 Å². The summed E-state index contributed by atoms with van der Waals surface area (Å²) in [6, 6.07) is 0. The molecule has 0 atom stereocenters. The molecule has 86 valence electrons. The van der Waals surface area contributed by atoms with E-state index in [1.54, 1.807) is 3.37 Å². The molecule has 0 aromatic carbocycles. The molecule has 0 spiro atoms. The fourth-order valence-electron chi connectivity index (χ4n) is 1.33. The predicted octanol–water partition coefficient (Wildman–Crippen LogP) is 2.44. The van der Waals surface area contributed by atoms with Gasteiger partial charge in [0.25, 0.3) is 0 Å². The Labute approximate surface area is 116 Å². The zero-order valence-corrected chi connectivity index (χ0v) is 13.9. The second kappa shape index (κ2) is 4.68. The Hall–Kier alpha value is 0.559. The first-order valence-electron chi connectivity index (χ1n) is 4.87. The molecule has 3 heterocycles. The number of rotatable bonds is 0. The van der Waals surface area contributed by atoms with E-state index in [-0.39, 0.29) is 0 Å². The molecule has 0 saturated heterocycles. The summed E-state index contributed by atoms with van der Waals surface area (Å²) >= 11 is 4.63. The minimum absolute atomic E-state index is 0.385. The first-order chi connectivity index (χ1) is 7.74. The normalized spacial score (nSPS) is 24.9. The van der Waals surface area contributed by atoms with E-state index in [1.807, 2.05) is 23.5 Å². The molecule has 0 aromatic heterocycles. The molecule has 0 radical (unpaired) electrons. The number of hydrogen-bond donors (Lipinski definition) is 0. The number of allylic oxidation sites excluding steroid dienone is 2. The van der Waals surface area contributed by atoms with E-state index >= 15 is 0 Å². The van der Waals surface area contributed by atoms with Gasteiger partial charge in [0, 0.05) is 0 Å². The van der Waals surface area contributed by atoms with Crippen LogP contribution in [0.15, 0.2) is 26.7 Å². The molecule has 0 aromatic rings. The number of thioether (sulfide) groups is 2. The summed E-state index contributed by atoms with van der Waals surface area (Å²) in [5.74, 6) is 0. The van der Waals surface area contributed by atoms with E-state index < -0.39 is 0 Å². The van der Waals surface area contributed by atoms with Crippen LogP contribution in [-0.2, 0) is 9.47 Å². The molecule has 16 heavy (non-hydrogen) atoms. The Bertz CT molecular complexity index is 404. The van der Waals surface area contributed by atoms with Crippen molar-refractivity contribution < 1.29 is 9.47 Å². The predicted molar refractivity (Wildman–Crippen MR) is 71.0 cm³/mol. The second-order valence-corrected chi connectivity index (χ2v) is 11.5. The van der Waals surface area contributed by atoms with E-state index in [2.05, 4.69) is 13.8 Å². The third-order valence-corrected chi connectivity index (χ3v) is 12.2. The number of hydrogen-bond acceptors (Lipinski definition) is 4. The van der Waals surface area contributed by atoms with Crippen molar-refractivity contribution in [3.05, 3.63) is 26.7 Å². The van der Waals surface area contributed by atoms with E-state index in [9.17, 15) is 0 Å². The van der Waals surface area contributed by atoms with Gasteiger partial charge in [-0.25, -0.2) is 0 Å². The quantitative estimate of drug-likeness (QED) is 0.597. The van der Waals surface area contributed by atoms with Crippen LogP contribution >= 0.6 is 23.5 Å². The van der Waals surface area contributed by atoms with Crippen molar-refractivity contribution in [2.45, 2.75) is 13.8 Å². The van der Waals surface area contributed by atoms with Gasteiger partial charge in [-0.3, -0.25) is 0 Å². The first kappa shape index (κ1) is 11.6. The molecule has 0 fully saturated rings. The van der Waals surface area contributed by atoms with E-state index in [4.69, 9.17) is 9.47 Å². The van der Waals surface area contributed by atoms with Gasteiger partial charge in [-0.2, -0.15) is 0 Å². The average molecular weight is 384 g/mol. The molecule has 3 aliphatic heterocycles. The van der Waals surface area contributed by atoms with Crippen LogP contribution in [0.3, 0.4) is 0 Å². The summed E-state index contributed by atoms with van der Waals surface area (Å²) in [4.78, 5) is 2.90. The average Bonchev–Trinajstić information content (AvgIpc) is 2.83. The van der Waals surface area contributed by atoms with Crippen LogP contribution in [0.5, 0.6) is 0 Å². The van der Waals surface area contributed by atoms with Crippen molar-refractivity contribution in [2.75, 3.05) is 13.2 Å². The Kier molecular flexibility index (Phi) is 3.40. The van der Waals surface area contributed by atoms with E-state index in [0.717, 1.165) is 22.5 Å². The van der Waals surface area contributed by atoms with Gasteiger partial charge in [0.2, 0.25) is 0 Å². The maximum atomic E-state index is 5.68. The molecule has 0 unspecified atom stereocenters. The maximum absolute atomic E-state index is 5.68. The van der Waals surface area contributed by atoms with Gasteiger partial charge in [0.05, 0.1) is 0 Å². The monoisotopic (exact) mass is 386 g/mol. The van der Waals surface area contributed by atoms with Gasteiger partial charge >= 0.3 is 117 Å². The van der Waals surface area contributed by atoms with Gasteiger partial charge in [-0.05, 0) is 0 Å². The topological polar surface area (TPSA) is 18.5 Å². The Morgan fingerprint density at radius 2 is 1.44 bits per heavy atom. The molecule has 0 N–H and O–H groups in total. The van der Waals surface area contributed by atoms with Gasteiger partial charge in [-0.15, -0.1) is 0 Å². The molecular weight excluding hydrogens is 374 g/mol. The van der Waals surface area contributed by atoms with Crippen LogP contribution in [0.25, 0.3) is 0 Å². The molecule has 3 rings (SSSR count). The van der Waals surface area contributed by atoms with Gasteiger partial charge in [-0.1, -0.05) is 0 Å². The summed E-state index contributed by atoms with van der Waals surface area (Å²) in [5, 5.41) is 0. The Morgan fingerprint density at radius 1 is 0.938 bits per heavy atom. The molecule has 0 bridgehead atoms. The van der Waals surface area contributed by atoms with Crippen LogP contribution in [0.4, 0.5) is 0 Å². The van der Waals surface area contributed by atoms with Crippen molar-refractivity contribution >= 4 is 53.4 Å². The molecular formula is C10H10O2S2Se2. The summed E-state index contributed by atoms with van der Waals surface area (Å²) in [6.07, 6.45) is 0. The van der Waals surface area contributed by atoms with Crippen LogP contribution in [0.2, 0.25) is 0 Å². The fraction of sp³-hybridized carbons (Fsp3) is 0.400. The summed E-state index contributed by atoms with van der Waals surface area (Å²) in [5.41, 5.74) is 0. The second-order valence-electron chi connectivity index (χ2n) is 3.37. The van der Waals surface area contributed by atoms with Crippen LogP contribution in [0.1, 0.15) is 13.8 Å². The van der Waals surface area contributed by atoms with Crippen molar-refractivity contribution in [2.24, 2.45) is 0 Å². The SMILES string of the molecule is CC1=C(C)SC(=C2[Se]C3=C(OCCO3)[Se]2)S1. The van der Waals surface area contributed by atoms with Gasteiger partial charge in [0.1, 0.15) is 0 Å². The molecule has 3 aliphatic rings. The molecule has 0 saturated carbocycles. The third kappa shape index (κ3) is 2.12. The van der Waals surface area contributed by atoms with Crippen molar-refractivity contribution in [3.8, 4) is 0 Å². The van der Waals surface area contributed by atoms with Crippen LogP contribution in [-0.4, -0.2) is 43.1 Å². The zero-order chi connectivity index (χ0) is 11.1. The summed E-state index contributed by atoms with van der Waals surface area (Å²) in [7, 11) is 0. The van der Waals surface area contributed by atoms with Crippen LogP contribution in [0, 0.1) is 0 Å². The first-order valence-corrected chi connectivity index (χ1v) is 9.93. The van der Waals surface area contributed by atoms with Crippen molar-refractivity contribution in [1.29, 1.82) is 0 Å². The number of ether oxygens (including phenoxy) is 2. The van der Waals surface area contributed by atoms with Gasteiger partial charge < -0.3 is 0 Å². The third-order valence-electron chi connectivity index (χ3n) is 2.24. The van der Waals surface area contributed by atoms with Crippen molar-refractivity contribution in [3.63, 3.8) is 0 Å². The fourth-order valence-corrected chi connectivity index (χ4v) is 10.8. The van der Waals surface area contributed by atoms with Gasteiger partial charge in [0.15, 0.2) is 0 Å². The molecule has 6 heteroatoms. The summed E-state index contributed by atoms with van der Waals surface area (Å²) < 4.78 is 16.8. The molecule has 0 aliphatic carbocycles. The Morgan fingerprint density at radius 3 is 1.94 bits per heavy atom. The summed E-state index contributed by atoms with van der Waals surface area (Å²) in [6.45, 7) is 5.87. The molecule has 2 nitrogen and oxygen atoms in total. The Balaban J connectivity index is 1.79. The van der Waals surface area contributed by atoms with E-state index in [1.165, 1.54) is 14.0 Å². The standard InChI is InChI=1S/C10H10O2S2Se2/c1-5-6(2)14-9(13-5)10-15-7-8(16-10)12-4-3-11-7/h3-4H2,1-2H3. The minimum atomic E-state index is 0.385. The van der Waals surface area contributed by atoms with Crippen molar-refractivity contribution in [1.82, 2.24) is 0 Å². The zero-order valence-electron chi connectivity index (χ0n) is 8.86. The van der Waals surface area contributed by atoms with E-state index in [0.29, 0.717) is 29.9 Å². The molecule has 0 amide bonds.